The van der Waals surface area contributed by atoms with Gasteiger partial charge in [0.1, 0.15) is 11.5 Å². The highest BCUT2D eigenvalue weighted by molar-refractivity contribution is 6.46. The normalized spacial score (nSPS) is 17.3. The minimum atomic E-state index is -0.738. The number of ether oxygens (including phenoxy) is 1. The number of hydrogen-bond donors (Lipinski definition) is 1. The van der Waals surface area contributed by atoms with Crippen molar-refractivity contribution in [2.75, 3.05) is 6.61 Å². The van der Waals surface area contributed by atoms with Gasteiger partial charge in [-0.25, -0.2) is 0 Å². The summed E-state index contributed by atoms with van der Waals surface area (Å²) in [5.74, 6) is -0.629. The zero-order chi connectivity index (χ0) is 25.1. The van der Waals surface area contributed by atoms with E-state index >= 15 is 0 Å². The van der Waals surface area contributed by atoms with Crippen molar-refractivity contribution in [3.8, 4) is 5.75 Å². The molecule has 1 amide bonds. The fraction of sp³-hybridized carbons (Fsp3) is 0.276. The van der Waals surface area contributed by atoms with E-state index in [-0.39, 0.29) is 17.9 Å². The summed E-state index contributed by atoms with van der Waals surface area (Å²) in [7, 11) is 0. The van der Waals surface area contributed by atoms with Crippen molar-refractivity contribution in [3.63, 3.8) is 0 Å². The predicted molar refractivity (Wildman–Crippen MR) is 135 cm³/mol. The van der Waals surface area contributed by atoms with Gasteiger partial charge in [0.05, 0.1) is 18.2 Å². The molecule has 0 radical (unpaired) electrons. The molecule has 1 aliphatic heterocycles. The van der Waals surface area contributed by atoms with Crippen molar-refractivity contribution in [2.45, 2.75) is 40.3 Å². The minimum Gasteiger partial charge on any atom is -0.507 e. The van der Waals surface area contributed by atoms with E-state index in [1.807, 2.05) is 32.0 Å². The monoisotopic (exact) mass is 470 g/mol. The van der Waals surface area contributed by atoms with Gasteiger partial charge in [0.25, 0.3) is 11.7 Å². The number of carbonyl (C=O) groups is 2. The van der Waals surface area contributed by atoms with E-state index in [9.17, 15) is 14.7 Å². The van der Waals surface area contributed by atoms with Crippen LogP contribution in [-0.2, 0) is 16.1 Å². The standard InChI is InChI=1S/C29H30N2O4/c1-18(2)17-35-24-7-5-6-22(15-24)27(32)25-26(21-10-12-30-13-11-21)31(29(34)28(25)33)16-23-14-19(3)8-9-20(23)4/h5-15,18,26,32H,16-17H2,1-4H3/b27-25+. The number of Topliss-reactive ketones (excluding diaryl/α,β-unsaturated/α-hetero) is 1. The first-order valence-corrected chi connectivity index (χ1v) is 11.7. The molecule has 180 valence electrons. The zero-order valence-corrected chi connectivity index (χ0v) is 20.5. The lowest BCUT2D eigenvalue weighted by molar-refractivity contribution is -0.140. The Morgan fingerprint density at radius 3 is 2.51 bits per heavy atom. The Morgan fingerprint density at radius 1 is 1.06 bits per heavy atom. The third-order valence-corrected chi connectivity index (χ3v) is 6.10. The Balaban J connectivity index is 1.80. The first kappa shape index (κ1) is 24.2. The fourth-order valence-electron chi connectivity index (χ4n) is 4.24. The number of aromatic nitrogens is 1. The molecular formula is C29H30N2O4. The quantitative estimate of drug-likeness (QED) is 0.286. The summed E-state index contributed by atoms with van der Waals surface area (Å²) in [5, 5.41) is 11.3. The fourth-order valence-corrected chi connectivity index (χ4v) is 4.24. The molecule has 1 N–H and O–H groups in total. The highest BCUT2D eigenvalue weighted by atomic mass is 16.5. The molecule has 1 aliphatic rings. The molecular weight excluding hydrogens is 440 g/mol. The first-order chi connectivity index (χ1) is 16.8. The van der Waals surface area contributed by atoms with Crippen molar-refractivity contribution < 1.29 is 19.4 Å². The molecule has 2 aromatic carbocycles. The number of carbonyl (C=O) groups excluding carboxylic acids is 2. The second-order valence-electron chi connectivity index (χ2n) is 9.37. The van der Waals surface area contributed by atoms with E-state index in [1.165, 1.54) is 4.90 Å². The van der Waals surface area contributed by atoms with Crippen molar-refractivity contribution in [2.24, 2.45) is 5.92 Å². The Hall–Kier alpha value is -3.93. The molecule has 1 aromatic heterocycles. The van der Waals surface area contributed by atoms with Crippen LogP contribution in [0.2, 0.25) is 0 Å². The van der Waals surface area contributed by atoms with Crippen molar-refractivity contribution >= 4 is 17.4 Å². The van der Waals surface area contributed by atoms with Crippen molar-refractivity contribution in [1.29, 1.82) is 0 Å². The van der Waals surface area contributed by atoms with Gasteiger partial charge in [-0.05, 0) is 60.7 Å². The Bertz CT molecular complexity index is 1280. The van der Waals surface area contributed by atoms with Crippen LogP contribution in [-0.4, -0.2) is 33.3 Å². The van der Waals surface area contributed by atoms with Crippen LogP contribution in [0.4, 0.5) is 0 Å². The number of aliphatic hydroxyl groups is 1. The van der Waals surface area contributed by atoms with Crippen LogP contribution in [0.25, 0.3) is 5.76 Å². The van der Waals surface area contributed by atoms with Gasteiger partial charge in [-0.1, -0.05) is 49.7 Å². The summed E-state index contributed by atoms with van der Waals surface area (Å²) in [6.07, 6.45) is 3.24. The summed E-state index contributed by atoms with van der Waals surface area (Å²) >= 11 is 0. The summed E-state index contributed by atoms with van der Waals surface area (Å²) in [5.41, 5.74) is 4.25. The summed E-state index contributed by atoms with van der Waals surface area (Å²) < 4.78 is 5.80. The van der Waals surface area contributed by atoms with E-state index in [0.29, 0.717) is 29.4 Å². The first-order valence-electron chi connectivity index (χ1n) is 11.7. The third-order valence-electron chi connectivity index (χ3n) is 6.10. The molecule has 0 saturated carbocycles. The summed E-state index contributed by atoms with van der Waals surface area (Å²) in [6, 6.07) is 15.8. The van der Waals surface area contributed by atoms with Crippen LogP contribution in [0.5, 0.6) is 5.75 Å². The number of hydrogen-bond acceptors (Lipinski definition) is 5. The number of likely N-dealkylation sites (tertiary alicyclic amines) is 1. The van der Waals surface area contributed by atoms with E-state index < -0.39 is 17.7 Å². The zero-order valence-electron chi connectivity index (χ0n) is 20.5. The topological polar surface area (TPSA) is 79.7 Å². The van der Waals surface area contributed by atoms with Gasteiger partial charge in [-0.15, -0.1) is 0 Å². The van der Waals surface area contributed by atoms with E-state index in [0.717, 1.165) is 16.7 Å². The molecule has 1 unspecified atom stereocenters. The molecule has 1 saturated heterocycles. The third kappa shape index (κ3) is 5.11. The van der Waals surface area contributed by atoms with Crippen LogP contribution >= 0.6 is 0 Å². The van der Waals surface area contributed by atoms with Crippen molar-refractivity contribution in [1.82, 2.24) is 9.88 Å². The maximum absolute atomic E-state index is 13.3. The molecule has 6 heteroatoms. The number of aliphatic hydroxyl groups excluding tert-OH is 1. The summed E-state index contributed by atoms with van der Waals surface area (Å²) in [6.45, 7) is 8.86. The molecule has 0 spiro atoms. The van der Waals surface area contributed by atoms with Gasteiger partial charge < -0.3 is 14.7 Å². The molecule has 1 fully saturated rings. The van der Waals surface area contributed by atoms with Gasteiger partial charge in [0, 0.05) is 24.5 Å². The molecule has 6 nitrogen and oxygen atoms in total. The summed E-state index contributed by atoms with van der Waals surface area (Å²) in [4.78, 5) is 32.2. The molecule has 0 aliphatic carbocycles. The number of ketones is 1. The molecule has 1 atom stereocenters. The van der Waals surface area contributed by atoms with E-state index in [2.05, 4.69) is 18.8 Å². The maximum atomic E-state index is 13.3. The van der Waals surface area contributed by atoms with Crippen LogP contribution < -0.4 is 4.74 Å². The predicted octanol–water partition coefficient (Wildman–Crippen LogP) is 5.36. The molecule has 3 aromatic rings. The van der Waals surface area contributed by atoms with Gasteiger partial charge >= 0.3 is 0 Å². The lowest BCUT2D eigenvalue weighted by atomic mass is 9.95. The lowest BCUT2D eigenvalue weighted by Crippen LogP contribution is -2.29. The number of nitrogens with zero attached hydrogens (tertiary/aromatic N) is 2. The van der Waals surface area contributed by atoms with Crippen LogP contribution in [0, 0.1) is 19.8 Å². The van der Waals surface area contributed by atoms with Gasteiger partial charge in [-0.2, -0.15) is 0 Å². The average molecular weight is 471 g/mol. The Kier molecular flexibility index (Phi) is 7.01. The maximum Gasteiger partial charge on any atom is 0.295 e. The van der Waals surface area contributed by atoms with Crippen LogP contribution in [0.15, 0.2) is 72.6 Å². The van der Waals surface area contributed by atoms with Crippen LogP contribution in [0.1, 0.15) is 47.7 Å². The van der Waals surface area contributed by atoms with Gasteiger partial charge in [-0.3, -0.25) is 14.6 Å². The van der Waals surface area contributed by atoms with Gasteiger partial charge in [0.2, 0.25) is 0 Å². The highest BCUT2D eigenvalue weighted by Gasteiger charge is 2.46. The van der Waals surface area contributed by atoms with Gasteiger partial charge in [0.15, 0.2) is 0 Å². The van der Waals surface area contributed by atoms with E-state index in [4.69, 9.17) is 4.74 Å². The van der Waals surface area contributed by atoms with E-state index in [1.54, 1.807) is 48.8 Å². The molecule has 0 bridgehead atoms. The second-order valence-corrected chi connectivity index (χ2v) is 9.37. The van der Waals surface area contributed by atoms with Crippen LogP contribution in [0.3, 0.4) is 0 Å². The SMILES string of the molecule is Cc1ccc(C)c(CN2C(=O)C(=O)/C(=C(/O)c3cccc(OCC(C)C)c3)C2c2ccncc2)c1. The second kappa shape index (κ2) is 10.1. The molecule has 35 heavy (non-hydrogen) atoms. The smallest absolute Gasteiger partial charge is 0.295 e. The number of benzene rings is 2. The number of rotatable bonds is 7. The number of aryl methyl sites for hydroxylation is 2. The molecule has 2 heterocycles. The number of pyridine rings is 1. The Labute approximate surface area is 205 Å². The molecule has 4 rings (SSSR count). The average Bonchev–Trinajstić information content (AvgIpc) is 3.10. The Morgan fingerprint density at radius 2 is 1.80 bits per heavy atom. The lowest BCUT2D eigenvalue weighted by Gasteiger charge is -2.26. The largest absolute Gasteiger partial charge is 0.507 e. The number of amides is 1. The highest BCUT2D eigenvalue weighted by Crippen LogP contribution is 2.40. The minimum absolute atomic E-state index is 0.0625. The van der Waals surface area contributed by atoms with Crippen molar-refractivity contribution in [3.05, 3.63) is 100 Å².